The lowest BCUT2D eigenvalue weighted by Crippen LogP contribution is -3.16. The van der Waals surface area contributed by atoms with Crippen LogP contribution >= 0.6 is 11.6 Å². The van der Waals surface area contributed by atoms with E-state index in [0.29, 0.717) is 23.0 Å². The quantitative estimate of drug-likeness (QED) is 0.817. The summed E-state index contributed by atoms with van der Waals surface area (Å²) < 4.78 is 19.5. The maximum absolute atomic E-state index is 13.9. The molecule has 1 fully saturated rings. The maximum Gasteiger partial charge on any atom is 0.146 e. The number of halogens is 2. The number of nitrogens with zero attached hydrogens (tertiary/aromatic N) is 1. The molecule has 0 radical (unpaired) electrons. The van der Waals surface area contributed by atoms with Gasteiger partial charge < -0.3 is 19.6 Å². The van der Waals surface area contributed by atoms with Crippen molar-refractivity contribution in [3.63, 3.8) is 0 Å². The molecule has 1 heterocycles. The standard InChI is InChI=1S/C19H22ClFN2O2/c20-16-5-1-4-8-19(16)25-14-15(24)13-22-9-11-23(12-10-22)18-7-3-2-6-17(18)21/h1-8,15,24H,9-14H2/p+1/t15-/m1/s1. The fraction of sp³-hybridized carbons (Fsp3) is 0.368. The molecule has 25 heavy (non-hydrogen) atoms. The van der Waals surface area contributed by atoms with E-state index < -0.39 is 6.10 Å². The highest BCUT2D eigenvalue weighted by Crippen LogP contribution is 2.23. The lowest BCUT2D eigenvalue weighted by atomic mass is 10.2. The van der Waals surface area contributed by atoms with Crippen molar-refractivity contribution in [2.24, 2.45) is 0 Å². The molecule has 6 heteroatoms. The minimum absolute atomic E-state index is 0.181. The number of benzene rings is 2. The van der Waals surface area contributed by atoms with Crippen molar-refractivity contribution in [3.05, 3.63) is 59.4 Å². The Morgan fingerprint density at radius 1 is 1.12 bits per heavy atom. The van der Waals surface area contributed by atoms with Crippen molar-refractivity contribution in [2.45, 2.75) is 6.10 Å². The van der Waals surface area contributed by atoms with Crippen molar-refractivity contribution < 1.29 is 19.1 Å². The number of aliphatic hydroxyl groups is 1. The molecule has 1 aliphatic rings. The molecule has 0 bridgehead atoms. The van der Waals surface area contributed by atoms with Gasteiger partial charge in [0.1, 0.15) is 30.8 Å². The van der Waals surface area contributed by atoms with Gasteiger partial charge in [0.05, 0.1) is 36.9 Å². The molecular weight excluding hydrogens is 343 g/mol. The monoisotopic (exact) mass is 365 g/mol. The third kappa shape index (κ3) is 4.84. The van der Waals surface area contributed by atoms with E-state index >= 15 is 0 Å². The third-order valence-electron chi connectivity index (χ3n) is 4.46. The van der Waals surface area contributed by atoms with E-state index in [1.54, 1.807) is 18.2 Å². The smallest absolute Gasteiger partial charge is 0.146 e. The molecule has 134 valence electrons. The lowest BCUT2D eigenvalue weighted by molar-refractivity contribution is -0.903. The summed E-state index contributed by atoms with van der Waals surface area (Å²) in [5.41, 5.74) is 0.657. The largest absolute Gasteiger partial charge is 0.489 e. The van der Waals surface area contributed by atoms with Crippen LogP contribution in [0.15, 0.2) is 48.5 Å². The first-order valence-corrected chi connectivity index (χ1v) is 8.89. The molecule has 0 spiro atoms. The minimum atomic E-state index is -0.564. The van der Waals surface area contributed by atoms with Crippen molar-refractivity contribution >= 4 is 17.3 Å². The number of ether oxygens (including phenoxy) is 1. The van der Waals surface area contributed by atoms with Crippen LogP contribution in [0.2, 0.25) is 5.02 Å². The predicted molar refractivity (Wildman–Crippen MR) is 97.1 cm³/mol. The molecule has 2 aromatic carbocycles. The summed E-state index contributed by atoms with van der Waals surface area (Å²) in [6, 6.07) is 14.1. The average Bonchev–Trinajstić information content (AvgIpc) is 2.62. The van der Waals surface area contributed by atoms with Crippen LogP contribution in [0.4, 0.5) is 10.1 Å². The Labute approximate surface area is 152 Å². The molecule has 4 nitrogen and oxygen atoms in total. The van der Waals surface area contributed by atoms with Crippen LogP contribution in [0.5, 0.6) is 5.75 Å². The van der Waals surface area contributed by atoms with Gasteiger partial charge in [-0.15, -0.1) is 0 Å². The molecule has 0 amide bonds. The van der Waals surface area contributed by atoms with Crippen molar-refractivity contribution in [3.8, 4) is 5.75 Å². The number of rotatable bonds is 6. The van der Waals surface area contributed by atoms with E-state index in [-0.39, 0.29) is 12.4 Å². The Hall–Kier alpha value is -1.82. The van der Waals surface area contributed by atoms with Crippen LogP contribution in [0.3, 0.4) is 0 Å². The highest BCUT2D eigenvalue weighted by molar-refractivity contribution is 6.32. The lowest BCUT2D eigenvalue weighted by Gasteiger charge is -2.34. The van der Waals surface area contributed by atoms with Crippen LogP contribution in [0.25, 0.3) is 0 Å². The van der Waals surface area contributed by atoms with Crippen LogP contribution in [-0.2, 0) is 0 Å². The van der Waals surface area contributed by atoms with E-state index in [1.165, 1.54) is 11.0 Å². The van der Waals surface area contributed by atoms with Gasteiger partial charge in [-0.25, -0.2) is 4.39 Å². The number of hydrogen-bond donors (Lipinski definition) is 2. The zero-order valence-corrected chi connectivity index (χ0v) is 14.8. The Bertz CT molecular complexity index is 693. The van der Waals surface area contributed by atoms with E-state index in [2.05, 4.69) is 4.90 Å². The number of nitrogens with one attached hydrogen (secondary N) is 1. The Kier molecular flexibility index (Phi) is 6.13. The molecule has 0 aliphatic carbocycles. The number of quaternary nitrogens is 1. The van der Waals surface area contributed by atoms with Gasteiger partial charge in [0, 0.05) is 0 Å². The molecule has 0 aromatic heterocycles. The molecule has 3 rings (SSSR count). The molecule has 0 saturated carbocycles. The minimum Gasteiger partial charge on any atom is -0.489 e. The number of aliphatic hydroxyl groups excluding tert-OH is 1. The number of hydrogen-bond acceptors (Lipinski definition) is 3. The highest BCUT2D eigenvalue weighted by atomic mass is 35.5. The summed E-state index contributed by atoms with van der Waals surface area (Å²) >= 11 is 6.04. The van der Waals surface area contributed by atoms with Crippen molar-refractivity contribution in [1.82, 2.24) is 0 Å². The second-order valence-electron chi connectivity index (χ2n) is 6.29. The average molecular weight is 366 g/mol. The normalized spacial score (nSPS) is 16.7. The van der Waals surface area contributed by atoms with E-state index in [9.17, 15) is 9.50 Å². The van der Waals surface area contributed by atoms with Gasteiger partial charge in [-0.3, -0.25) is 0 Å². The predicted octanol–water partition coefficient (Wildman–Crippen LogP) is 1.62. The Morgan fingerprint density at radius 3 is 2.52 bits per heavy atom. The van der Waals surface area contributed by atoms with Crippen LogP contribution in [-0.4, -0.2) is 50.5 Å². The Morgan fingerprint density at radius 2 is 1.80 bits per heavy atom. The van der Waals surface area contributed by atoms with Gasteiger partial charge in [-0.05, 0) is 24.3 Å². The first-order chi connectivity index (χ1) is 12.1. The molecular formula is C19H23ClFN2O2+. The summed E-state index contributed by atoms with van der Waals surface area (Å²) in [7, 11) is 0. The molecule has 0 unspecified atom stereocenters. The van der Waals surface area contributed by atoms with Gasteiger partial charge in [0.15, 0.2) is 0 Å². The SMILES string of the molecule is O[C@@H](COc1ccccc1Cl)C[NH+]1CCN(c2ccccc2F)CC1. The summed E-state index contributed by atoms with van der Waals surface area (Å²) in [4.78, 5) is 3.36. The van der Waals surface area contributed by atoms with Crippen LogP contribution in [0.1, 0.15) is 0 Å². The number of para-hydroxylation sites is 2. The number of piperazine rings is 1. The molecule has 2 N–H and O–H groups in total. The second kappa shape index (κ2) is 8.52. The maximum atomic E-state index is 13.9. The summed E-state index contributed by atoms with van der Waals surface area (Å²) in [5, 5.41) is 10.8. The zero-order valence-electron chi connectivity index (χ0n) is 14.0. The molecule has 1 aliphatic heterocycles. The summed E-state index contributed by atoms with van der Waals surface area (Å²) in [5.74, 6) is 0.404. The van der Waals surface area contributed by atoms with E-state index in [0.717, 1.165) is 26.2 Å². The van der Waals surface area contributed by atoms with E-state index in [1.807, 2.05) is 24.3 Å². The van der Waals surface area contributed by atoms with Crippen molar-refractivity contribution in [1.29, 1.82) is 0 Å². The topological polar surface area (TPSA) is 37.1 Å². The number of anilines is 1. The fourth-order valence-electron chi connectivity index (χ4n) is 3.12. The van der Waals surface area contributed by atoms with Crippen molar-refractivity contribution in [2.75, 3.05) is 44.2 Å². The summed E-state index contributed by atoms with van der Waals surface area (Å²) in [6.07, 6.45) is -0.564. The van der Waals surface area contributed by atoms with Gasteiger partial charge >= 0.3 is 0 Å². The summed E-state index contributed by atoms with van der Waals surface area (Å²) in [6.45, 7) is 4.08. The first-order valence-electron chi connectivity index (χ1n) is 8.52. The second-order valence-corrected chi connectivity index (χ2v) is 6.70. The van der Waals surface area contributed by atoms with Gasteiger partial charge in [-0.1, -0.05) is 35.9 Å². The molecule has 2 aromatic rings. The van der Waals surface area contributed by atoms with Gasteiger partial charge in [0.2, 0.25) is 0 Å². The highest BCUT2D eigenvalue weighted by Gasteiger charge is 2.24. The van der Waals surface area contributed by atoms with Gasteiger partial charge in [0.25, 0.3) is 0 Å². The van der Waals surface area contributed by atoms with Crippen LogP contribution < -0.4 is 14.5 Å². The zero-order chi connectivity index (χ0) is 17.6. The fourth-order valence-corrected chi connectivity index (χ4v) is 3.31. The first kappa shape index (κ1) is 18.0. The molecule has 1 saturated heterocycles. The van der Waals surface area contributed by atoms with E-state index in [4.69, 9.17) is 16.3 Å². The molecule has 1 atom stereocenters. The Balaban J connectivity index is 1.44. The third-order valence-corrected chi connectivity index (χ3v) is 4.77. The van der Waals surface area contributed by atoms with Crippen LogP contribution in [0, 0.1) is 5.82 Å². The van der Waals surface area contributed by atoms with Gasteiger partial charge in [-0.2, -0.15) is 0 Å².